The van der Waals surface area contributed by atoms with Gasteiger partial charge in [0.15, 0.2) is 0 Å². The summed E-state index contributed by atoms with van der Waals surface area (Å²) in [5.74, 6) is 2.27. The lowest BCUT2D eigenvalue weighted by Gasteiger charge is -1.98. The Morgan fingerprint density at radius 3 is 2.82 bits per heavy atom. The molecule has 0 radical (unpaired) electrons. The fourth-order valence-corrected chi connectivity index (χ4v) is 2.91. The topological polar surface area (TPSA) is 17.8 Å². The first-order valence-corrected chi connectivity index (χ1v) is 6.63. The van der Waals surface area contributed by atoms with Gasteiger partial charge in [-0.1, -0.05) is 30.3 Å². The Morgan fingerprint density at radius 1 is 1.24 bits per heavy atom. The maximum atomic E-state index is 4.63. The fourth-order valence-electron chi connectivity index (χ4n) is 2.03. The van der Waals surface area contributed by atoms with Gasteiger partial charge in [-0.2, -0.15) is 0 Å². The Balaban J connectivity index is 0.00000108. The summed E-state index contributed by atoms with van der Waals surface area (Å²) in [5, 5.41) is 1.17. The van der Waals surface area contributed by atoms with E-state index in [2.05, 4.69) is 46.1 Å². The number of hydrogen-bond acceptors (Lipinski definition) is 2. The minimum atomic E-state index is 0. The van der Waals surface area contributed by atoms with Gasteiger partial charge in [0, 0.05) is 24.9 Å². The largest absolute Gasteiger partial charge is 0.334 e. The summed E-state index contributed by atoms with van der Waals surface area (Å²) in [6.45, 7) is 1.15. The van der Waals surface area contributed by atoms with E-state index in [1.807, 2.05) is 11.8 Å². The van der Waals surface area contributed by atoms with Crippen LogP contribution in [0.4, 0.5) is 0 Å². The second kappa shape index (κ2) is 5.61. The van der Waals surface area contributed by atoms with Crippen LogP contribution in [0.1, 0.15) is 17.8 Å². The van der Waals surface area contributed by atoms with Crippen LogP contribution in [0.5, 0.6) is 0 Å². The number of nitrogens with zero attached hydrogens (tertiary/aromatic N) is 2. The molecule has 4 heteroatoms. The summed E-state index contributed by atoms with van der Waals surface area (Å²) in [4.78, 5) is 4.63. The summed E-state index contributed by atoms with van der Waals surface area (Å²) < 4.78 is 2.29. The molecule has 0 bridgehead atoms. The van der Waals surface area contributed by atoms with Crippen LogP contribution >= 0.6 is 24.2 Å². The van der Waals surface area contributed by atoms with Crippen LogP contribution < -0.4 is 0 Å². The number of fused-ring (bicyclic) bond motifs is 1. The second-order valence-electron chi connectivity index (χ2n) is 4.07. The third-order valence-corrected chi connectivity index (χ3v) is 3.84. The van der Waals surface area contributed by atoms with Crippen LogP contribution in [0.3, 0.4) is 0 Å². The average Bonchev–Trinajstić information content (AvgIpc) is 2.88. The third kappa shape index (κ3) is 2.85. The molecule has 0 saturated carbocycles. The van der Waals surface area contributed by atoms with Gasteiger partial charge in [-0.15, -0.1) is 24.2 Å². The highest BCUT2D eigenvalue weighted by Gasteiger charge is 2.13. The van der Waals surface area contributed by atoms with Gasteiger partial charge in [0.25, 0.3) is 0 Å². The van der Waals surface area contributed by atoms with Crippen molar-refractivity contribution >= 4 is 24.2 Å². The summed E-state index contributed by atoms with van der Waals surface area (Å²) in [5.41, 5.74) is 1.36. The van der Waals surface area contributed by atoms with Crippen LogP contribution in [-0.4, -0.2) is 9.55 Å². The van der Waals surface area contributed by atoms with Crippen molar-refractivity contribution in [3.8, 4) is 0 Å². The molecule has 1 aromatic heterocycles. The van der Waals surface area contributed by atoms with E-state index in [9.17, 15) is 0 Å². The molecular weight excluding hydrogens is 252 g/mol. The summed E-state index contributed by atoms with van der Waals surface area (Å²) in [7, 11) is 0. The molecule has 0 atom stereocenters. The van der Waals surface area contributed by atoms with E-state index in [0.717, 1.165) is 18.7 Å². The predicted molar refractivity (Wildman–Crippen MR) is 73.8 cm³/mol. The average molecular weight is 267 g/mol. The molecule has 0 aliphatic carbocycles. The maximum absolute atomic E-state index is 4.63. The number of thioether (sulfide) groups is 1. The molecule has 17 heavy (non-hydrogen) atoms. The number of hydrogen-bond donors (Lipinski definition) is 0. The zero-order valence-electron chi connectivity index (χ0n) is 9.50. The number of rotatable bonds is 3. The molecule has 0 saturated heterocycles. The molecule has 0 spiro atoms. The van der Waals surface area contributed by atoms with E-state index in [1.165, 1.54) is 22.8 Å². The van der Waals surface area contributed by atoms with Crippen LogP contribution in [-0.2, 0) is 18.7 Å². The highest BCUT2D eigenvalue weighted by Crippen LogP contribution is 2.24. The second-order valence-corrected chi connectivity index (χ2v) is 5.06. The Hall–Kier alpha value is -0.930. The molecule has 0 unspecified atom stereocenters. The molecule has 0 N–H and O–H groups in total. The molecule has 2 heterocycles. The van der Waals surface area contributed by atoms with E-state index in [4.69, 9.17) is 0 Å². The Kier molecular flexibility index (Phi) is 4.13. The normalized spacial score (nSPS) is 13.2. The monoisotopic (exact) mass is 266 g/mol. The number of imidazole rings is 1. The van der Waals surface area contributed by atoms with E-state index in [1.54, 1.807) is 0 Å². The van der Waals surface area contributed by atoms with Crippen molar-refractivity contribution in [3.63, 3.8) is 0 Å². The van der Waals surface area contributed by atoms with Gasteiger partial charge in [-0.05, 0) is 12.0 Å². The van der Waals surface area contributed by atoms with Crippen molar-refractivity contribution in [1.82, 2.24) is 9.55 Å². The smallest absolute Gasteiger partial charge is 0.115 e. The highest BCUT2D eigenvalue weighted by atomic mass is 35.5. The number of benzene rings is 1. The lowest BCUT2D eigenvalue weighted by atomic mass is 10.2. The van der Waals surface area contributed by atoms with Crippen molar-refractivity contribution in [2.24, 2.45) is 0 Å². The van der Waals surface area contributed by atoms with Crippen LogP contribution in [0.15, 0.2) is 41.6 Å². The van der Waals surface area contributed by atoms with Gasteiger partial charge in [0.1, 0.15) is 10.9 Å². The van der Waals surface area contributed by atoms with Crippen molar-refractivity contribution < 1.29 is 0 Å². The summed E-state index contributed by atoms with van der Waals surface area (Å²) >= 11 is 1.83. The van der Waals surface area contributed by atoms with Crippen molar-refractivity contribution in [1.29, 1.82) is 0 Å². The molecule has 90 valence electrons. The van der Waals surface area contributed by atoms with E-state index < -0.39 is 0 Å². The highest BCUT2D eigenvalue weighted by molar-refractivity contribution is 7.98. The molecule has 1 aliphatic heterocycles. The first-order valence-electron chi connectivity index (χ1n) is 5.64. The lowest BCUT2D eigenvalue weighted by molar-refractivity contribution is 0.745. The van der Waals surface area contributed by atoms with Gasteiger partial charge >= 0.3 is 0 Å². The lowest BCUT2D eigenvalue weighted by Crippen LogP contribution is -1.87. The first kappa shape index (κ1) is 12.5. The van der Waals surface area contributed by atoms with Crippen LogP contribution in [0.2, 0.25) is 0 Å². The minimum absolute atomic E-state index is 0. The van der Waals surface area contributed by atoms with Gasteiger partial charge in [-0.25, -0.2) is 4.98 Å². The number of aromatic nitrogens is 2. The number of halogens is 1. The van der Waals surface area contributed by atoms with Crippen LogP contribution in [0.25, 0.3) is 0 Å². The van der Waals surface area contributed by atoms with Crippen LogP contribution in [0, 0.1) is 0 Å². The third-order valence-electron chi connectivity index (χ3n) is 2.87. The first-order chi connectivity index (χ1) is 7.92. The molecular formula is C13H15ClN2S. The molecule has 3 rings (SSSR count). The minimum Gasteiger partial charge on any atom is -0.334 e. The van der Waals surface area contributed by atoms with Crippen molar-refractivity contribution in [2.75, 3.05) is 0 Å². The van der Waals surface area contributed by atoms with E-state index in [0.29, 0.717) is 0 Å². The van der Waals surface area contributed by atoms with E-state index >= 15 is 0 Å². The summed E-state index contributed by atoms with van der Waals surface area (Å²) in [6, 6.07) is 10.6. The zero-order valence-corrected chi connectivity index (χ0v) is 11.1. The summed E-state index contributed by atoms with van der Waals surface area (Å²) in [6.07, 6.45) is 4.59. The van der Waals surface area contributed by atoms with Crippen molar-refractivity contribution in [3.05, 3.63) is 47.9 Å². The van der Waals surface area contributed by atoms with Crippen molar-refractivity contribution in [2.45, 2.75) is 30.2 Å². The maximum Gasteiger partial charge on any atom is 0.115 e. The molecule has 0 fully saturated rings. The SMILES string of the molecule is Cl.c1ccc(CSc2cn3c(n2)CCC3)cc1. The van der Waals surface area contributed by atoms with Gasteiger partial charge in [-0.3, -0.25) is 0 Å². The molecule has 1 aromatic carbocycles. The predicted octanol–water partition coefficient (Wildman–Crippen LogP) is 3.54. The quantitative estimate of drug-likeness (QED) is 0.791. The molecule has 2 aromatic rings. The standard InChI is InChI=1S/C13H14N2S.ClH/c1-2-5-11(6-3-1)10-16-13-9-15-8-4-7-12(15)14-13;/h1-3,5-6,9H,4,7-8,10H2;1H. The van der Waals surface area contributed by atoms with Gasteiger partial charge in [0.05, 0.1) is 0 Å². The van der Waals surface area contributed by atoms with E-state index in [-0.39, 0.29) is 12.4 Å². The molecule has 2 nitrogen and oxygen atoms in total. The zero-order chi connectivity index (χ0) is 10.8. The van der Waals surface area contributed by atoms with Gasteiger partial charge in [0.2, 0.25) is 0 Å². The Bertz CT molecular complexity index is 460. The molecule has 1 aliphatic rings. The molecule has 0 amide bonds. The Morgan fingerprint density at radius 2 is 2.06 bits per heavy atom. The van der Waals surface area contributed by atoms with Gasteiger partial charge < -0.3 is 4.57 Å². The Labute approximate surface area is 112 Å². The fraction of sp³-hybridized carbons (Fsp3) is 0.308. The number of aryl methyl sites for hydroxylation is 2.